The molecular weight excluding hydrogens is 312 g/mol. The zero-order chi connectivity index (χ0) is 13.1. The molecule has 2 nitrogen and oxygen atoms in total. The fourth-order valence-electron chi connectivity index (χ4n) is 1.76. The Morgan fingerprint density at radius 3 is 2.44 bits per heavy atom. The molecule has 0 amide bonds. The summed E-state index contributed by atoms with van der Waals surface area (Å²) in [6.45, 7) is 2.14. The average molecular weight is 326 g/mol. The normalized spacial score (nSPS) is 12.2. The largest absolute Gasteiger partial charge is 0.353 e. The van der Waals surface area contributed by atoms with Crippen LogP contribution in [0.5, 0.6) is 0 Å². The molecule has 4 heteroatoms. The molecule has 1 heterocycles. The van der Waals surface area contributed by atoms with Crippen molar-refractivity contribution >= 4 is 33.3 Å². The Bertz CT molecular complexity index is 528. The third kappa shape index (κ3) is 3.03. The quantitative estimate of drug-likeness (QED) is 0.761. The van der Waals surface area contributed by atoms with Crippen molar-refractivity contribution in [1.82, 2.24) is 4.98 Å². The maximum Gasteiger partial charge on any atom is 0.130 e. The van der Waals surface area contributed by atoms with E-state index in [1.54, 1.807) is 0 Å². The summed E-state index contributed by atoms with van der Waals surface area (Å²) in [5.41, 5.74) is 1.21. The second-order valence-electron chi connectivity index (χ2n) is 4.16. The van der Waals surface area contributed by atoms with Crippen LogP contribution < -0.4 is 4.90 Å². The second kappa shape index (κ2) is 5.72. The molecule has 1 aromatic carbocycles. The van der Waals surface area contributed by atoms with Crippen LogP contribution in [0.25, 0.3) is 0 Å². The van der Waals surface area contributed by atoms with Gasteiger partial charge in [-0.3, -0.25) is 0 Å². The molecular formula is C14H14BrClN2. The number of halogens is 2. The van der Waals surface area contributed by atoms with Gasteiger partial charge in [0.15, 0.2) is 0 Å². The number of anilines is 1. The minimum Gasteiger partial charge on any atom is -0.353 e. The van der Waals surface area contributed by atoms with Crippen molar-refractivity contribution in [2.24, 2.45) is 0 Å². The third-order valence-electron chi connectivity index (χ3n) is 3.00. The van der Waals surface area contributed by atoms with Gasteiger partial charge < -0.3 is 4.90 Å². The second-order valence-corrected chi connectivity index (χ2v) is 5.41. The molecule has 0 radical (unpaired) electrons. The summed E-state index contributed by atoms with van der Waals surface area (Å²) in [6.07, 6.45) is 0. The molecule has 0 aliphatic rings. The number of rotatable bonds is 3. The first kappa shape index (κ1) is 13.4. The van der Waals surface area contributed by atoms with Crippen LogP contribution in [0.15, 0.2) is 47.1 Å². The summed E-state index contributed by atoms with van der Waals surface area (Å²) in [5, 5.41) is 0.759. The number of aromatic nitrogens is 1. The lowest BCUT2D eigenvalue weighted by molar-refractivity contribution is 0.728. The number of benzene rings is 1. The van der Waals surface area contributed by atoms with Crippen molar-refractivity contribution in [1.29, 1.82) is 0 Å². The summed E-state index contributed by atoms with van der Waals surface area (Å²) < 4.78 is 0.843. The smallest absolute Gasteiger partial charge is 0.130 e. The standard InChI is InChI=1S/C14H14BrClN2/c1-10(11-6-8-12(16)9-7-11)18(2)14-5-3-4-13(15)17-14/h3-10H,1-2H3. The van der Waals surface area contributed by atoms with Gasteiger partial charge in [-0.15, -0.1) is 0 Å². The van der Waals surface area contributed by atoms with E-state index in [9.17, 15) is 0 Å². The van der Waals surface area contributed by atoms with Crippen molar-refractivity contribution in [3.05, 3.63) is 57.7 Å². The van der Waals surface area contributed by atoms with Crippen LogP contribution in [0.3, 0.4) is 0 Å². The fourth-order valence-corrected chi connectivity index (χ4v) is 2.22. The van der Waals surface area contributed by atoms with Crippen LogP contribution in [0.4, 0.5) is 5.82 Å². The van der Waals surface area contributed by atoms with Gasteiger partial charge in [0.05, 0.1) is 6.04 Å². The maximum atomic E-state index is 5.90. The van der Waals surface area contributed by atoms with Gasteiger partial charge in [0.2, 0.25) is 0 Å². The molecule has 1 aromatic heterocycles. The number of hydrogen-bond acceptors (Lipinski definition) is 2. The summed E-state index contributed by atoms with van der Waals surface area (Å²) >= 11 is 9.29. The van der Waals surface area contributed by atoms with E-state index in [1.807, 2.05) is 49.5 Å². The molecule has 94 valence electrons. The molecule has 2 rings (SSSR count). The van der Waals surface area contributed by atoms with E-state index < -0.39 is 0 Å². The lowest BCUT2D eigenvalue weighted by Gasteiger charge is -2.26. The lowest BCUT2D eigenvalue weighted by Crippen LogP contribution is -2.22. The van der Waals surface area contributed by atoms with Crippen LogP contribution in [0.2, 0.25) is 5.02 Å². The molecule has 0 N–H and O–H groups in total. The number of hydrogen-bond donors (Lipinski definition) is 0. The van der Waals surface area contributed by atoms with Crippen molar-refractivity contribution in [3.63, 3.8) is 0 Å². The van der Waals surface area contributed by atoms with Gasteiger partial charge in [0.1, 0.15) is 10.4 Å². The van der Waals surface area contributed by atoms with Gasteiger partial charge in [-0.05, 0) is 52.7 Å². The molecule has 1 unspecified atom stereocenters. The minimum atomic E-state index is 0.240. The van der Waals surface area contributed by atoms with E-state index in [2.05, 4.69) is 32.7 Å². The topological polar surface area (TPSA) is 16.1 Å². The van der Waals surface area contributed by atoms with Crippen LogP contribution in [-0.2, 0) is 0 Å². The Kier molecular flexibility index (Phi) is 4.25. The highest BCUT2D eigenvalue weighted by atomic mass is 79.9. The summed E-state index contributed by atoms with van der Waals surface area (Å²) in [5.74, 6) is 0.937. The molecule has 0 aliphatic carbocycles. The zero-order valence-electron chi connectivity index (χ0n) is 10.3. The highest BCUT2D eigenvalue weighted by Crippen LogP contribution is 2.25. The van der Waals surface area contributed by atoms with E-state index >= 15 is 0 Å². The summed E-state index contributed by atoms with van der Waals surface area (Å²) in [4.78, 5) is 6.59. The minimum absolute atomic E-state index is 0.240. The molecule has 18 heavy (non-hydrogen) atoms. The van der Waals surface area contributed by atoms with Crippen LogP contribution in [0, 0.1) is 0 Å². The van der Waals surface area contributed by atoms with Gasteiger partial charge in [-0.1, -0.05) is 29.8 Å². The van der Waals surface area contributed by atoms with Gasteiger partial charge in [0, 0.05) is 12.1 Å². The monoisotopic (exact) mass is 324 g/mol. The van der Waals surface area contributed by atoms with Crippen molar-refractivity contribution in [2.45, 2.75) is 13.0 Å². The van der Waals surface area contributed by atoms with Crippen molar-refractivity contribution in [3.8, 4) is 0 Å². The molecule has 1 atom stereocenters. The molecule has 0 aliphatic heterocycles. The predicted molar refractivity (Wildman–Crippen MR) is 80.2 cm³/mol. The Morgan fingerprint density at radius 2 is 1.83 bits per heavy atom. The SMILES string of the molecule is CC(c1ccc(Cl)cc1)N(C)c1cccc(Br)n1. The van der Waals surface area contributed by atoms with Crippen LogP contribution in [0.1, 0.15) is 18.5 Å². The Morgan fingerprint density at radius 1 is 1.17 bits per heavy atom. The third-order valence-corrected chi connectivity index (χ3v) is 3.69. The maximum absolute atomic E-state index is 5.90. The van der Waals surface area contributed by atoms with Crippen LogP contribution in [-0.4, -0.2) is 12.0 Å². The van der Waals surface area contributed by atoms with Crippen molar-refractivity contribution < 1.29 is 0 Å². The van der Waals surface area contributed by atoms with E-state index in [0.29, 0.717) is 0 Å². The Balaban J connectivity index is 2.23. The fraction of sp³-hybridized carbons (Fsp3) is 0.214. The first-order valence-electron chi connectivity index (χ1n) is 5.69. The average Bonchev–Trinajstić information content (AvgIpc) is 2.38. The number of nitrogens with zero attached hydrogens (tertiary/aromatic N) is 2. The van der Waals surface area contributed by atoms with E-state index in [4.69, 9.17) is 11.6 Å². The lowest BCUT2D eigenvalue weighted by atomic mass is 10.1. The highest BCUT2D eigenvalue weighted by molar-refractivity contribution is 9.10. The van der Waals surface area contributed by atoms with Crippen LogP contribution >= 0.6 is 27.5 Å². The Hall–Kier alpha value is -1.06. The zero-order valence-corrected chi connectivity index (χ0v) is 12.6. The molecule has 0 spiro atoms. The molecule has 0 fully saturated rings. The highest BCUT2D eigenvalue weighted by Gasteiger charge is 2.13. The van der Waals surface area contributed by atoms with E-state index in [0.717, 1.165) is 15.4 Å². The first-order valence-corrected chi connectivity index (χ1v) is 6.86. The Labute approximate surface area is 121 Å². The first-order chi connectivity index (χ1) is 8.58. The summed E-state index contributed by atoms with van der Waals surface area (Å²) in [6, 6.07) is 14.1. The summed E-state index contributed by atoms with van der Waals surface area (Å²) in [7, 11) is 2.04. The molecule has 0 saturated carbocycles. The van der Waals surface area contributed by atoms with Gasteiger partial charge >= 0.3 is 0 Å². The van der Waals surface area contributed by atoms with E-state index in [1.165, 1.54) is 5.56 Å². The molecule has 0 bridgehead atoms. The van der Waals surface area contributed by atoms with Gasteiger partial charge in [0.25, 0.3) is 0 Å². The molecule has 0 saturated heterocycles. The molecule has 2 aromatic rings. The van der Waals surface area contributed by atoms with Gasteiger partial charge in [-0.25, -0.2) is 4.98 Å². The van der Waals surface area contributed by atoms with Gasteiger partial charge in [-0.2, -0.15) is 0 Å². The van der Waals surface area contributed by atoms with E-state index in [-0.39, 0.29) is 6.04 Å². The van der Waals surface area contributed by atoms with Crippen molar-refractivity contribution in [2.75, 3.05) is 11.9 Å². The predicted octanol–water partition coefficient (Wildman–Crippen LogP) is 4.69. The number of pyridine rings is 1.